The van der Waals surface area contributed by atoms with Gasteiger partial charge >= 0.3 is 7.82 Å². The molecule has 0 bridgehead atoms. The van der Waals surface area contributed by atoms with Crippen molar-refractivity contribution in [3.63, 3.8) is 0 Å². The van der Waals surface area contributed by atoms with Crippen molar-refractivity contribution in [2.75, 3.05) is 40.9 Å². The number of phosphoric acid groups is 1. The molecule has 0 aliphatic carbocycles. The summed E-state index contributed by atoms with van der Waals surface area (Å²) in [6.07, 6.45) is 64.4. The molecule has 1 amide bonds. The van der Waals surface area contributed by atoms with Gasteiger partial charge < -0.3 is 19.8 Å². The van der Waals surface area contributed by atoms with Crippen molar-refractivity contribution < 1.29 is 32.9 Å². The van der Waals surface area contributed by atoms with E-state index in [0.29, 0.717) is 23.9 Å². The van der Waals surface area contributed by atoms with E-state index in [-0.39, 0.29) is 19.1 Å². The Labute approximate surface area is 416 Å². The Morgan fingerprint density at radius 3 is 1.31 bits per heavy atom. The lowest BCUT2D eigenvalue weighted by Crippen LogP contribution is -2.46. The zero-order chi connectivity index (χ0) is 49.2. The lowest BCUT2D eigenvalue weighted by Gasteiger charge is -2.26. The number of likely N-dealkylation sites (N-methyl/N-ethyl adjacent to an activating group) is 1. The van der Waals surface area contributed by atoms with Crippen LogP contribution < -0.4 is 5.32 Å². The molecule has 0 aromatic heterocycles. The maximum Gasteiger partial charge on any atom is 0.472 e. The summed E-state index contributed by atoms with van der Waals surface area (Å²) < 4.78 is 23.8. The summed E-state index contributed by atoms with van der Waals surface area (Å²) in [6, 6.07) is -0.763. The topological polar surface area (TPSA) is 105 Å². The lowest BCUT2D eigenvalue weighted by atomic mass is 10.0. The second kappa shape index (κ2) is 49.4. The van der Waals surface area contributed by atoms with Crippen molar-refractivity contribution >= 4 is 13.7 Å². The molecule has 0 spiro atoms. The number of aliphatic hydroxyl groups is 1. The molecule has 3 N–H and O–H groups in total. The van der Waals surface area contributed by atoms with E-state index in [4.69, 9.17) is 9.05 Å². The van der Waals surface area contributed by atoms with E-state index in [2.05, 4.69) is 67.8 Å². The minimum atomic E-state index is -4.32. The number of phosphoric ester groups is 1. The first-order valence-corrected chi connectivity index (χ1v) is 30.0. The molecule has 394 valence electrons. The number of hydrogen-bond donors (Lipinski definition) is 3. The van der Waals surface area contributed by atoms with Crippen LogP contribution in [-0.4, -0.2) is 73.4 Å². The second-order valence-corrected chi connectivity index (χ2v) is 22.1. The van der Waals surface area contributed by atoms with Crippen LogP contribution >= 0.6 is 7.82 Å². The van der Waals surface area contributed by atoms with E-state index in [1.165, 1.54) is 173 Å². The van der Waals surface area contributed by atoms with Gasteiger partial charge in [-0.15, -0.1) is 0 Å². The molecule has 0 fully saturated rings. The molecule has 0 aromatic carbocycles. The van der Waals surface area contributed by atoms with E-state index in [9.17, 15) is 19.4 Å². The number of allylic oxidation sites excluding steroid dienone is 8. The van der Waals surface area contributed by atoms with Crippen molar-refractivity contribution in [3.05, 3.63) is 48.6 Å². The first-order valence-electron chi connectivity index (χ1n) is 28.5. The molecule has 0 radical (unpaired) electrons. The highest BCUT2D eigenvalue weighted by molar-refractivity contribution is 7.47. The number of hydrogen-bond acceptors (Lipinski definition) is 5. The first-order chi connectivity index (χ1) is 32.5. The summed E-state index contributed by atoms with van der Waals surface area (Å²) >= 11 is 0. The van der Waals surface area contributed by atoms with E-state index in [1.807, 2.05) is 21.1 Å². The summed E-state index contributed by atoms with van der Waals surface area (Å²) in [5, 5.41) is 14.1. The molecule has 0 heterocycles. The third kappa shape index (κ3) is 52.1. The fraction of sp³-hybridized carbons (Fsp3) is 0.845. The van der Waals surface area contributed by atoms with Gasteiger partial charge in [-0.25, -0.2) is 4.57 Å². The number of unbranched alkanes of at least 4 members (excludes halogenated alkanes) is 31. The summed E-state index contributed by atoms with van der Waals surface area (Å²) in [6.45, 7) is 4.80. The average Bonchev–Trinajstić information content (AvgIpc) is 3.29. The number of nitrogens with one attached hydrogen (secondary N) is 1. The highest BCUT2D eigenvalue weighted by atomic mass is 31.2. The molecule has 0 saturated carbocycles. The first kappa shape index (κ1) is 65.5. The molecular weight excluding hydrogens is 852 g/mol. The number of aliphatic hydroxyl groups excluding tert-OH is 1. The quantitative estimate of drug-likeness (QED) is 0.0243. The van der Waals surface area contributed by atoms with E-state index >= 15 is 0 Å². The van der Waals surface area contributed by atoms with Gasteiger partial charge in [-0.2, -0.15) is 0 Å². The fourth-order valence-corrected chi connectivity index (χ4v) is 9.13. The van der Waals surface area contributed by atoms with E-state index in [1.54, 1.807) is 0 Å². The highest BCUT2D eigenvalue weighted by Crippen LogP contribution is 2.43. The molecule has 8 nitrogen and oxygen atoms in total. The monoisotopic (exact) mass is 964 g/mol. The van der Waals surface area contributed by atoms with Crippen molar-refractivity contribution in [1.82, 2.24) is 5.32 Å². The molecule has 67 heavy (non-hydrogen) atoms. The van der Waals surface area contributed by atoms with E-state index < -0.39 is 20.0 Å². The molecule has 0 aliphatic heterocycles. The summed E-state index contributed by atoms with van der Waals surface area (Å²) in [7, 11) is 1.62. The summed E-state index contributed by atoms with van der Waals surface area (Å²) in [5.74, 6) is -0.145. The van der Waals surface area contributed by atoms with Crippen molar-refractivity contribution in [3.8, 4) is 0 Å². The van der Waals surface area contributed by atoms with Crippen LogP contribution in [0.4, 0.5) is 0 Å². The van der Waals surface area contributed by atoms with Crippen LogP contribution in [0.25, 0.3) is 0 Å². The minimum absolute atomic E-state index is 0.0739. The Morgan fingerprint density at radius 2 is 0.896 bits per heavy atom. The maximum absolute atomic E-state index is 13.0. The molecule has 0 aliphatic rings. The van der Waals surface area contributed by atoms with Gasteiger partial charge in [-0.1, -0.05) is 255 Å². The Bertz CT molecular complexity index is 1230. The van der Waals surface area contributed by atoms with E-state index in [0.717, 1.165) is 64.2 Å². The molecule has 3 atom stereocenters. The van der Waals surface area contributed by atoms with Gasteiger partial charge in [-0.05, 0) is 51.4 Å². The molecular formula is C58H112N2O6P+. The Hall–Kier alpha value is -1.54. The second-order valence-electron chi connectivity index (χ2n) is 20.6. The zero-order valence-corrected chi connectivity index (χ0v) is 45.8. The van der Waals surface area contributed by atoms with Gasteiger partial charge in [0.25, 0.3) is 0 Å². The predicted molar refractivity (Wildman–Crippen MR) is 291 cm³/mol. The fourth-order valence-electron chi connectivity index (χ4n) is 8.39. The van der Waals surface area contributed by atoms with Crippen LogP contribution in [0.15, 0.2) is 48.6 Å². The number of rotatable bonds is 52. The predicted octanol–water partition coefficient (Wildman–Crippen LogP) is 17.2. The van der Waals surface area contributed by atoms with Crippen LogP contribution in [0.1, 0.15) is 264 Å². The number of quaternary nitrogens is 1. The maximum atomic E-state index is 13.0. The highest BCUT2D eigenvalue weighted by Gasteiger charge is 2.28. The van der Waals surface area contributed by atoms with Gasteiger partial charge in [0.2, 0.25) is 5.91 Å². The van der Waals surface area contributed by atoms with Crippen LogP contribution in [0.3, 0.4) is 0 Å². The van der Waals surface area contributed by atoms with Gasteiger partial charge in [0.15, 0.2) is 0 Å². The third-order valence-corrected chi connectivity index (χ3v) is 13.8. The third-order valence-electron chi connectivity index (χ3n) is 12.8. The molecule has 9 heteroatoms. The standard InChI is InChI=1S/C58H111N2O6P/c1-6-8-10-12-14-16-18-20-22-24-26-28-29-30-31-32-34-36-38-40-42-44-46-48-50-52-58(62)59-56(55-66-67(63,64)65-54-53-60(3,4)5)57(61)51-49-47-45-43-41-39-37-35-33-27-25-23-21-19-17-15-13-11-9-7-2/h8,10,14,16,20,22,26,28,56-57,61H,6-7,9,11-13,15,17-19,21,23-25,27,29-55H2,1-5H3,(H-,59,62,63,64)/p+1/b10-8-,16-14-,22-20-,28-26-. The Kier molecular flexibility index (Phi) is 48.3. The van der Waals surface area contributed by atoms with Crippen LogP contribution in [0.2, 0.25) is 0 Å². The van der Waals surface area contributed by atoms with Crippen molar-refractivity contribution in [1.29, 1.82) is 0 Å². The van der Waals surface area contributed by atoms with Crippen molar-refractivity contribution in [2.24, 2.45) is 0 Å². The Morgan fingerprint density at radius 1 is 0.522 bits per heavy atom. The van der Waals surface area contributed by atoms with Crippen LogP contribution in [-0.2, 0) is 18.4 Å². The summed E-state index contributed by atoms with van der Waals surface area (Å²) in [5.41, 5.74) is 0. The van der Waals surface area contributed by atoms with Gasteiger partial charge in [-0.3, -0.25) is 13.8 Å². The summed E-state index contributed by atoms with van der Waals surface area (Å²) in [4.78, 5) is 23.3. The molecule has 0 rings (SSSR count). The number of nitrogens with zero attached hydrogens (tertiary/aromatic N) is 1. The lowest BCUT2D eigenvalue weighted by molar-refractivity contribution is -0.870. The van der Waals surface area contributed by atoms with Crippen molar-refractivity contribution in [2.45, 2.75) is 276 Å². The smallest absolute Gasteiger partial charge is 0.391 e. The molecule has 0 saturated heterocycles. The average molecular weight is 965 g/mol. The van der Waals surface area contributed by atoms with Gasteiger partial charge in [0.1, 0.15) is 13.2 Å². The largest absolute Gasteiger partial charge is 0.472 e. The minimum Gasteiger partial charge on any atom is -0.391 e. The van der Waals surface area contributed by atoms with Gasteiger partial charge in [0, 0.05) is 6.42 Å². The molecule has 0 aromatic rings. The molecule has 3 unspecified atom stereocenters. The Balaban J connectivity index is 4.17. The zero-order valence-electron chi connectivity index (χ0n) is 44.9. The van der Waals surface area contributed by atoms with Crippen LogP contribution in [0, 0.1) is 0 Å². The number of carbonyl (C=O) groups is 1. The number of amides is 1. The van der Waals surface area contributed by atoms with Gasteiger partial charge in [0.05, 0.1) is 39.9 Å². The van der Waals surface area contributed by atoms with Crippen LogP contribution in [0.5, 0.6) is 0 Å². The normalized spacial score (nSPS) is 14.3. The SMILES string of the molecule is CC/C=C\C/C=C\C/C=C\C/C=C\CCCCCCCCCCCCCCC(=O)NC(COP(=O)(O)OCC[N+](C)(C)C)C(O)CCCCCCCCCCCCCCCCCCCCCC. The number of carbonyl (C=O) groups excluding carboxylic acids is 1.